The summed E-state index contributed by atoms with van der Waals surface area (Å²) in [5.41, 5.74) is 7.22. The number of imidazole rings is 1. The zero-order valence-corrected chi connectivity index (χ0v) is 12.9. The van der Waals surface area contributed by atoms with Crippen molar-refractivity contribution in [3.8, 4) is 0 Å². The molecule has 0 aliphatic rings. The summed E-state index contributed by atoms with van der Waals surface area (Å²) in [6, 6.07) is 15.3. The van der Waals surface area contributed by atoms with E-state index in [4.69, 9.17) is 0 Å². The maximum absolute atomic E-state index is 11.1. The molecule has 1 amide bonds. The summed E-state index contributed by atoms with van der Waals surface area (Å²) in [6.45, 7) is 3.37. The molecular weight excluding hydrogens is 290 g/mol. The lowest BCUT2D eigenvalue weighted by atomic mass is 10.1. The van der Waals surface area contributed by atoms with Crippen LogP contribution in [0.3, 0.4) is 0 Å². The molecule has 3 N–H and O–H groups in total. The van der Waals surface area contributed by atoms with Crippen LogP contribution in [0.2, 0.25) is 0 Å². The molecule has 0 aliphatic heterocycles. The molecule has 0 fully saturated rings. The number of hydrazone groups is 1. The van der Waals surface area contributed by atoms with Crippen LogP contribution in [0.25, 0.3) is 11.0 Å². The number of fused-ring (bicyclic) bond motifs is 1. The molecule has 3 rings (SSSR count). The summed E-state index contributed by atoms with van der Waals surface area (Å²) in [6.07, 6.45) is 0. The fraction of sp³-hybridized carbons (Fsp3) is 0.118. The Morgan fingerprint density at radius 1 is 1.13 bits per heavy atom. The predicted molar refractivity (Wildman–Crippen MR) is 92.7 cm³/mol. The molecule has 23 heavy (non-hydrogen) atoms. The third-order valence-electron chi connectivity index (χ3n) is 3.32. The van der Waals surface area contributed by atoms with Crippen molar-refractivity contribution in [2.45, 2.75) is 13.8 Å². The highest BCUT2D eigenvalue weighted by Gasteiger charge is 2.03. The number of nitrogens with zero attached hydrogens (tertiary/aromatic N) is 2. The van der Waals surface area contributed by atoms with E-state index in [0.29, 0.717) is 5.95 Å². The van der Waals surface area contributed by atoms with Gasteiger partial charge in [0.2, 0.25) is 11.9 Å². The van der Waals surface area contributed by atoms with E-state index in [-0.39, 0.29) is 5.91 Å². The topological polar surface area (TPSA) is 82.2 Å². The van der Waals surface area contributed by atoms with Gasteiger partial charge in [-0.05, 0) is 36.8 Å². The van der Waals surface area contributed by atoms with E-state index in [2.05, 4.69) is 25.8 Å². The van der Waals surface area contributed by atoms with Crippen molar-refractivity contribution in [2.75, 3.05) is 10.7 Å². The highest BCUT2D eigenvalue weighted by molar-refractivity contribution is 6.00. The number of H-pyrrole nitrogens is 1. The number of aromatic amines is 1. The van der Waals surface area contributed by atoms with E-state index < -0.39 is 0 Å². The van der Waals surface area contributed by atoms with E-state index in [0.717, 1.165) is 28.0 Å². The largest absolute Gasteiger partial charge is 0.326 e. The molecule has 2 aromatic carbocycles. The van der Waals surface area contributed by atoms with Crippen LogP contribution in [0.5, 0.6) is 0 Å². The average molecular weight is 307 g/mol. The quantitative estimate of drug-likeness (QED) is 0.510. The normalized spacial score (nSPS) is 11.5. The minimum absolute atomic E-state index is 0.0999. The maximum atomic E-state index is 11.1. The Labute approximate surface area is 133 Å². The number of carbonyl (C=O) groups excluding carboxylic acids is 1. The second-order valence-corrected chi connectivity index (χ2v) is 5.17. The van der Waals surface area contributed by atoms with Gasteiger partial charge in [0.15, 0.2) is 0 Å². The first-order valence-electron chi connectivity index (χ1n) is 7.25. The Hall–Kier alpha value is -3.15. The molecule has 0 radical (unpaired) electrons. The lowest BCUT2D eigenvalue weighted by molar-refractivity contribution is -0.114. The van der Waals surface area contributed by atoms with Gasteiger partial charge in [-0.1, -0.05) is 24.3 Å². The van der Waals surface area contributed by atoms with Gasteiger partial charge in [0, 0.05) is 12.6 Å². The van der Waals surface area contributed by atoms with E-state index in [1.165, 1.54) is 6.92 Å². The molecule has 1 heterocycles. The predicted octanol–water partition coefficient (Wildman–Crippen LogP) is 3.36. The number of para-hydroxylation sites is 2. The van der Waals surface area contributed by atoms with Crippen LogP contribution in [-0.4, -0.2) is 21.6 Å². The fourth-order valence-electron chi connectivity index (χ4n) is 2.23. The Balaban J connectivity index is 1.78. The molecule has 0 unspecified atom stereocenters. The summed E-state index contributed by atoms with van der Waals surface area (Å²) >= 11 is 0. The molecule has 1 aromatic heterocycles. The van der Waals surface area contributed by atoms with Gasteiger partial charge in [-0.25, -0.2) is 10.4 Å². The van der Waals surface area contributed by atoms with Crippen molar-refractivity contribution in [3.63, 3.8) is 0 Å². The lowest BCUT2D eigenvalue weighted by Crippen LogP contribution is -2.07. The minimum Gasteiger partial charge on any atom is -0.326 e. The van der Waals surface area contributed by atoms with Crippen LogP contribution >= 0.6 is 0 Å². The molecule has 116 valence electrons. The average Bonchev–Trinajstić information content (AvgIpc) is 2.95. The van der Waals surface area contributed by atoms with E-state index in [1.807, 2.05) is 55.5 Å². The van der Waals surface area contributed by atoms with Crippen LogP contribution in [-0.2, 0) is 4.79 Å². The van der Waals surface area contributed by atoms with Gasteiger partial charge in [-0.2, -0.15) is 5.10 Å². The first-order valence-corrected chi connectivity index (χ1v) is 7.25. The lowest BCUT2D eigenvalue weighted by Gasteiger charge is -2.05. The first kappa shape index (κ1) is 14.8. The third kappa shape index (κ3) is 3.55. The monoisotopic (exact) mass is 307 g/mol. The number of rotatable bonds is 4. The number of nitrogens with one attached hydrogen (secondary N) is 3. The zero-order chi connectivity index (χ0) is 16.2. The number of amides is 1. The first-order chi connectivity index (χ1) is 11.1. The summed E-state index contributed by atoms with van der Waals surface area (Å²) in [7, 11) is 0. The summed E-state index contributed by atoms with van der Waals surface area (Å²) in [4.78, 5) is 18.7. The van der Waals surface area contributed by atoms with E-state index in [1.54, 1.807) is 0 Å². The Bertz CT molecular complexity index is 848. The van der Waals surface area contributed by atoms with Crippen LogP contribution in [0.15, 0.2) is 53.6 Å². The standard InChI is InChI=1S/C17H17N5O/c1-11(13-6-5-7-14(10-13)18-12(2)23)21-22-17-19-15-8-3-4-9-16(15)20-17/h3-10H,1-2H3,(H,18,23)(H2,19,20,22). The molecule has 0 saturated heterocycles. The second kappa shape index (κ2) is 6.31. The molecule has 3 aromatic rings. The number of hydrogen-bond donors (Lipinski definition) is 3. The second-order valence-electron chi connectivity index (χ2n) is 5.17. The molecular formula is C17H17N5O. The van der Waals surface area contributed by atoms with Gasteiger partial charge < -0.3 is 10.3 Å². The van der Waals surface area contributed by atoms with Gasteiger partial charge in [0.25, 0.3) is 0 Å². The molecule has 0 bridgehead atoms. The smallest absolute Gasteiger partial charge is 0.222 e. The molecule has 0 atom stereocenters. The molecule has 6 nitrogen and oxygen atoms in total. The molecule has 0 spiro atoms. The van der Waals surface area contributed by atoms with E-state index in [9.17, 15) is 4.79 Å². The highest BCUT2D eigenvalue weighted by Crippen LogP contribution is 2.14. The van der Waals surface area contributed by atoms with Gasteiger partial charge in [0.05, 0.1) is 16.7 Å². The van der Waals surface area contributed by atoms with Crippen molar-refractivity contribution in [3.05, 3.63) is 54.1 Å². The van der Waals surface area contributed by atoms with Crippen molar-refractivity contribution < 1.29 is 4.79 Å². The van der Waals surface area contributed by atoms with Crippen molar-refractivity contribution in [1.82, 2.24) is 9.97 Å². The van der Waals surface area contributed by atoms with Gasteiger partial charge in [-0.15, -0.1) is 0 Å². The highest BCUT2D eigenvalue weighted by atomic mass is 16.1. The minimum atomic E-state index is -0.0999. The van der Waals surface area contributed by atoms with Crippen molar-refractivity contribution in [1.29, 1.82) is 0 Å². The summed E-state index contributed by atoms with van der Waals surface area (Å²) in [5, 5.41) is 7.10. The summed E-state index contributed by atoms with van der Waals surface area (Å²) < 4.78 is 0. The maximum Gasteiger partial charge on any atom is 0.222 e. The van der Waals surface area contributed by atoms with Gasteiger partial charge in [-0.3, -0.25) is 4.79 Å². The third-order valence-corrected chi connectivity index (χ3v) is 3.32. The zero-order valence-electron chi connectivity index (χ0n) is 12.9. The van der Waals surface area contributed by atoms with Crippen LogP contribution < -0.4 is 10.7 Å². The Kier molecular flexibility index (Phi) is 4.05. The van der Waals surface area contributed by atoms with Crippen LogP contribution in [0.1, 0.15) is 19.4 Å². The molecule has 0 saturated carbocycles. The Morgan fingerprint density at radius 3 is 2.74 bits per heavy atom. The van der Waals surface area contributed by atoms with E-state index >= 15 is 0 Å². The summed E-state index contributed by atoms with van der Waals surface area (Å²) in [5.74, 6) is 0.487. The fourth-order valence-corrected chi connectivity index (χ4v) is 2.23. The number of carbonyl (C=O) groups is 1. The number of hydrogen-bond acceptors (Lipinski definition) is 4. The number of anilines is 2. The number of benzene rings is 2. The number of aromatic nitrogens is 2. The van der Waals surface area contributed by atoms with Crippen molar-refractivity contribution >= 4 is 34.3 Å². The van der Waals surface area contributed by atoms with Crippen LogP contribution in [0, 0.1) is 0 Å². The SMILES string of the molecule is CC(=O)Nc1cccc(C(C)=NNc2nc3ccccc3[nH]2)c1. The van der Waals surface area contributed by atoms with Gasteiger partial charge in [0.1, 0.15) is 0 Å². The van der Waals surface area contributed by atoms with Crippen LogP contribution in [0.4, 0.5) is 11.6 Å². The molecule has 0 aliphatic carbocycles. The van der Waals surface area contributed by atoms with Crippen molar-refractivity contribution in [2.24, 2.45) is 5.10 Å². The molecule has 6 heteroatoms. The van der Waals surface area contributed by atoms with Gasteiger partial charge >= 0.3 is 0 Å². The Morgan fingerprint density at radius 2 is 1.96 bits per heavy atom.